The SMILES string of the molecule is COc1cc2cc3c(cc2cc1OC)C(=O)C(c1ccccc1)=C3. The number of ketones is 1. The van der Waals surface area contributed by atoms with E-state index in [4.69, 9.17) is 9.47 Å². The second-order valence-corrected chi connectivity index (χ2v) is 5.75. The van der Waals surface area contributed by atoms with Crippen molar-refractivity contribution in [3.05, 3.63) is 71.3 Å². The fourth-order valence-corrected chi connectivity index (χ4v) is 3.16. The van der Waals surface area contributed by atoms with Crippen LogP contribution in [0.15, 0.2) is 54.6 Å². The Kier molecular flexibility index (Phi) is 3.35. The molecular weight excluding hydrogens is 300 g/mol. The minimum atomic E-state index is 0.0629. The Labute approximate surface area is 140 Å². The predicted octanol–water partition coefficient (Wildman–Crippen LogP) is 4.59. The van der Waals surface area contributed by atoms with Gasteiger partial charge < -0.3 is 9.47 Å². The van der Waals surface area contributed by atoms with Crippen LogP contribution in [0.4, 0.5) is 0 Å². The lowest BCUT2D eigenvalue weighted by molar-refractivity contribution is 0.105. The molecule has 0 fully saturated rings. The first-order valence-corrected chi connectivity index (χ1v) is 7.73. The van der Waals surface area contributed by atoms with Crippen molar-refractivity contribution in [1.29, 1.82) is 0 Å². The van der Waals surface area contributed by atoms with Crippen LogP contribution >= 0.6 is 0 Å². The van der Waals surface area contributed by atoms with E-state index in [1.54, 1.807) is 14.2 Å². The Morgan fingerprint density at radius 2 is 1.42 bits per heavy atom. The summed E-state index contributed by atoms with van der Waals surface area (Å²) in [6.07, 6.45) is 1.96. The van der Waals surface area contributed by atoms with E-state index in [9.17, 15) is 4.79 Å². The molecule has 0 N–H and O–H groups in total. The first-order valence-electron chi connectivity index (χ1n) is 7.73. The fraction of sp³-hybridized carbons (Fsp3) is 0.0952. The minimum Gasteiger partial charge on any atom is -0.493 e. The van der Waals surface area contributed by atoms with Crippen molar-refractivity contribution in [2.75, 3.05) is 14.2 Å². The van der Waals surface area contributed by atoms with E-state index in [1.165, 1.54) is 0 Å². The molecule has 1 aliphatic carbocycles. The van der Waals surface area contributed by atoms with Gasteiger partial charge in [0.05, 0.1) is 14.2 Å². The highest BCUT2D eigenvalue weighted by Gasteiger charge is 2.24. The third-order valence-corrected chi connectivity index (χ3v) is 4.38. The van der Waals surface area contributed by atoms with E-state index >= 15 is 0 Å². The van der Waals surface area contributed by atoms with Crippen LogP contribution in [-0.4, -0.2) is 20.0 Å². The molecule has 3 aromatic rings. The average molecular weight is 316 g/mol. The fourth-order valence-electron chi connectivity index (χ4n) is 3.16. The number of fused-ring (bicyclic) bond motifs is 2. The number of hydrogen-bond acceptors (Lipinski definition) is 3. The number of hydrogen-bond donors (Lipinski definition) is 0. The molecule has 0 aliphatic heterocycles. The molecular formula is C21H16O3. The van der Waals surface area contributed by atoms with Gasteiger partial charge >= 0.3 is 0 Å². The zero-order valence-corrected chi connectivity index (χ0v) is 13.5. The zero-order valence-electron chi connectivity index (χ0n) is 13.5. The highest BCUT2D eigenvalue weighted by atomic mass is 16.5. The molecule has 0 amide bonds. The molecule has 3 nitrogen and oxygen atoms in total. The van der Waals surface area contributed by atoms with Crippen molar-refractivity contribution in [2.45, 2.75) is 0 Å². The zero-order chi connectivity index (χ0) is 16.7. The molecule has 4 rings (SSSR count). The van der Waals surface area contributed by atoms with Gasteiger partial charge in [-0.1, -0.05) is 30.3 Å². The van der Waals surface area contributed by atoms with Crippen molar-refractivity contribution in [3.63, 3.8) is 0 Å². The van der Waals surface area contributed by atoms with Crippen molar-refractivity contribution >= 4 is 28.2 Å². The van der Waals surface area contributed by atoms with Crippen LogP contribution in [0, 0.1) is 0 Å². The van der Waals surface area contributed by atoms with Crippen LogP contribution in [0.25, 0.3) is 22.4 Å². The van der Waals surface area contributed by atoms with Crippen molar-refractivity contribution in [1.82, 2.24) is 0 Å². The molecule has 0 spiro atoms. The molecule has 24 heavy (non-hydrogen) atoms. The predicted molar refractivity (Wildman–Crippen MR) is 95.7 cm³/mol. The standard InChI is InChI=1S/C21H16O3/c1-23-19-11-14-8-16-10-17(13-6-4-3-5-7-13)21(22)18(16)9-15(14)12-20(19)24-2/h3-12H,1-2H3. The summed E-state index contributed by atoms with van der Waals surface area (Å²) in [5.74, 6) is 1.40. The van der Waals surface area contributed by atoms with Gasteiger partial charge in [-0.25, -0.2) is 0 Å². The molecule has 0 aromatic heterocycles. The number of rotatable bonds is 3. The molecule has 0 saturated heterocycles. The van der Waals surface area contributed by atoms with Crippen LogP contribution in [0.1, 0.15) is 21.5 Å². The summed E-state index contributed by atoms with van der Waals surface area (Å²) >= 11 is 0. The molecule has 1 aliphatic rings. The minimum absolute atomic E-state index is 0.0629. The highest BCUT2D eigenvalue weighted by Crippen LogP contribution is 2.38. The van der Waals surface area contributed by atoms with Gasteiger partial charge in [-0.3, -0.25) is 4.79 Å². The number of ether oxygens (including phenoxy) is 2. The Morgan fingerprint density at radius 3 is 2.04 bits per heavy atom. The summed E-state index contributed by atoms with van der Waals surface area (Å²) in [6, 6.07) is 17.6. The lowest BCUT2D eigenvalue weighted by Crippen LogP contribution is -1.98. The third-order valence-electron chi connectivity index (χ3n) is 4.38. The van der Waals surface area contributed by atoms with Crippen LogP contribution in [0.3, 0.4) is 0 Å². The summed E-state index contributed by atoms with van der Waals surface area (Å²) in [6.45, 7) is 0. The maximum Gasteiger partial charge on any atom is 0.194 e. The first-order chi connectivity index (χ1) is 11.7. The van der Waals surface area contributed by atoms with Crippen LogP contribution in [0.5, 0.6) is 11.5 Å². The molecule has 0 heterocycles. The molecule has 3 aromatic carbocycles. The van der Waals surface area contributed by atoms with Gasteiger partial charge in [0, 0.05) is 11.1 Å². The summed E-state index contributed by atoms with van der Waals surface area (Å²) in [5.41, 5.74) is 3.35. The average Bonchev–Trinajstić information content (AvgIpc) is 2.95. The molecule has 0 atom stereocenters. The molecule has 0 bridgehead atoms. The van der Waals surface area contributed by atoms with E-state index in [0.717, 1.165) is 33.0 Å². The summed E-state index contributed by atoms with van der Waals surface area (Å²) < 4.78 is 10.7. The van der Waals surface area contributed by atoms with Gasteiger partial charge in [-0.15, -0.1) is 0 Å². The Balaban J connectivity index is 1.88. The molecule has 0 unspecified atom stereocenters. The number of carbonyl (C=O) groups excluding carboxylic acids is 1. The van der Waals surface area contributed by atoms with Gasteiger partial charge in [0.25, 0.3) is 0 Å². The Morgan fingerprint density at radius 1 is 0.792 bits per heavy atom. The smallest absolute Gasteiger partial charge is 0.194 e. The van der Waals surface area contributed by atoms with Gasteiger partial charge in [0.15, 0.2) is 17.3 Å². The topological polar surface area (TPSA) is 35.5 Å². The van der Waals surface area contributed by atoms with Gasteiger partial charge in [-0.05, 0) is 52.2 Å². The van der Waals surface area contributed by atoms with E-state index in [0.29, 0.717) is 11.5 Å². The summed E-state index contributed by atoms with van der Waals surface area (Å²) in [7, 11) is 3.23. The monoisotopic (exact) mass is 316 g/mol. The van der Waals surface area contributed by atoms with E-state index < -0.39 is 0 Å². The Hall–Kier alpha value is -3.07. The first kappa shape index (κ1) is 14.5. The van der Waals surface area contributed by atoms with Crippen molar-refractivity contribution < 1.29 is 14.3 Å². The van der Waals surface area contributed by atoms with E-state index in [2.05, 4.69) is 0 Å². The molecule has 118 valence electrons. The molecule has 3 heteroatoms. The number of carbonyl (C=O) groups is 1. The van der Waals surface area contributed by atoms with E-state index in [1.807, 2.05) is 60.7 Å². The van der Waals surface area contributed by atoms with E-state index in [-0.39, 0.29) is 5.78 Å². The second-order valence-electron chi connectivity index (χ2n) is 5.75. The lowest BCUT2D eigenvalue weighted by atomic mass is 9.99. The number of allylic oxidation sites excluding steroid dienone is 1. The second kappa shape index (κ2) is 5.53. The maximum absolute atomic E-state index is 12.8. The van der Waals surface area contributed by atoms with Crippen LogP contribution in [-0.2, 0) is 0 Å². The summed E-state index contributed by atoms with van der Waals surface area (Å²) in [5, 5.41) is 1.98. The number of benzene rings is 3. The van der Waals surface area contributed by atoms with Gasteiger partial charge in [0.1, 0.15) is 0 Å². The summed E-state index contributed by atoms with van der Waals surface area (Å²) in [4.78, 5) is 12.8. The molecule has 0 radical (unpaired) electrons. The third kappa shape index (κ3) is 2.17. The largest absolute Gasteiger partial charge is 0.493 e. The van der Waals surface area contributed by atoms with Gasteiger partial charge in [-0.2, -0.15) is 0 Å². The Bertz CT molecular complexity index is 985. The number of Topliss-reactive ketones (excluding diaryl/α,β-unsaturated/α-hetero) is 1. The highest BCUT2D eigenvalue weighted by molar-refractivity contribution is 6.38. The van der Waals surface area contributed by atoms with Crippen molar-refractivity contribution in [3.8, 4) is 11.5 Å². The normalized spacial score (nSPS) is 12.9. The molecule has 0 saturated carbocycles. The lowest BCUT2D eigenvalue weighted by Gasteiger charge is -2.10. The quantitative estimate of drug-likeness (QED) is 0.709. The van der Waals surface area contributed by atoms with Crippen LogP contribution < -0.4 is 9.47 Å². The van der Waals surface area contributed by atoms with Crippen LogP contribution in [0.2, 0.25) is 0 Å². The maximum atomic E-state index is 12.8. The van der Waals surface area contributed by atoms with Crippen molar-refractivity contribution in [2.24, 2.45) is 0 Å². The van der Waals surface area contributed by atoms with Gasteiger partial charge in [0.2, 0.25) is 0 Å². The number of methoxy groups -OCH3 is 2.